The van der Waals surface area contributed by atoms with Crippen molar-refractivity contribution < 1.29 is 24.5 Å². The molecule has 0 fully saturated rings. The number of carbonyl (C=O) groups is 2. The molecule has 5 heteroatoms. The van der Waals surface area contributed by atoms with Gasteiger partial charge in [-0.15, -0.1) is 0 Å². The Morgan fingerprint density at radius 1 is 0.909 bits per heavy atom. The quantitative estimate of drug-likeness (QED) is 0.872. The molecule has 0 saturated carbocycles. The Labute approximate surface area is 127 Å². The predicted molar refractivity (Wildman–Crippen MR) is 81.0 cm³/mol. The molecule has 5 nitrogen and oxygen atoms in total. The molecular weight excluding hydrogens is 284 g/mol. The van der Waals surface area contributed by atoms with Crippen LogP contribution in [-0.4, -0.2) is 22.2 Å². The van der Waals surface area contributed by atoms with Crippen LogP contribution in [0.4, 0.5) is 0 Å². The normalized spacial score (nSPS) is 10.5. The van der Waals surface area contributed by atoms with Crippen molar-refractivity contribution in [1.29, 1.82) is 0 Å². The summed E-state index contributed by atoms with van der Waals surface area (Å²) >= 11 is 0. The number of aromatic carboxylic acids is 2. The van der Waals surface area contributed by atoms with E-state index in [0.717, 1.165) is 5.56 Å². The van der Waals surface area contributed by atoms with Crippen LogP contribution in [-0.2, 0) is 0 Å². The van der Waals surface area contributed by atoms with E-state index >= 15 is 0 Å². The highest BCUT2D eigenvalue weighted by Gasteiger charge is 2.17. The lowest BCUT2D eigenvalue weighted by molar-refractivity contribution is 0.0651. The molecule has 2 N–H and O–H groups in total. The maximum absolute atomic E-state index is 11.2. The molecule has 0 spiro atoms. The Hall–Kier alpha value is -2.82. The second-order valence-corrected chi connectivity index (χ2v) is 5.15. The zero-order chi connectivity index (χ0) is 16.3. The molecule has 0 bridgehead atoms. The van der Waals surface area contributed by atoms with Crippen molar-refractivity contribution in [2.75, 3.05) is 0 Å². The molecule has 2 aromatic carbocycles. The molecular formula is C17H16O5. The van der Waals surface area contributed by atoms with E-state index < -0.39 is 11.9 Å². The Bertz CT molecular complexity index is 719. The smallest absolute Gasteiger partial charge is 0.336 e. The Morgan fingerprint density at radius 3 is 2.14 bits per heavy atom. The van der Waals surface area contributed by atoms with E-state index in [9.17, 15) is 9.59 Å². The molecule has 0 aliphatic carbocycles. The lowest BCUT2D eigenvalue weighted by Gasteiger charge is -2.11. The van der Waals surface area contributed by atoms with Gasteiger partial charge in [-0.05, 0) is 41.8 Å². The maximum Gasteiger partial charge on any atom is 0.336 e. The van der Waals surface area contributed by atoms with Gasteiger partial charge >= 0.3 is 11.9 Å². The van der Waals surface area contributed by atoms with E-state index in [4.69, 9.17) is 14.9 Å². The van der Waals surface area contributed by atoms with Crippen LogP contribution >= 0.6 is 0 Å². The van der Waals surface area contributed by atoms with Gasteiger partial charge in [-0.25, -0.2) is 9.59 Å². The van der Waals surface area contributed by atoms with Crippen LogP contribution in [0.2, 0.25) is 0 Å². The second kappa shape index (κ2) is 6.30. The number of carboxylic acid groups (broad SMARTS) is 2. The number of hydrogen-bond acceptors (Lipinski definition) is 3. The summed E-state index contributed by atoms with van der Waals surface area (Å²) in [7, 11) is 0. The summed E-state index contributed by atoms with van der Waals surface area (Å²) in [5, 5.41) is 18.1. The van der Waals surface area contributed by atoms with Crippen LogP contribution in [0.15, 0.2) is 42.5 Å². The van der Waals surface area contributed by atoms with Gasteiger partial charge in [-0.1, -0.05) is 26.0 Å². The van der Waals surface area contributed by atoms with Gasteiger partial charge in [-0.2, -0.15) is 0 Å². The lowest BCUT2D eigenvalue weighted by Crippen LogP contribution is -2.07. The van der Waals surface area contributed by atoms with Crippen molar-refractivity contribution in [3.63, 3.8) is 0 Å². The minimum Gasteiger partial charge on any atom is -0.478 e. The summed E-state index contributed by atoms with van der Waals surface area (Å²) in [6.45, 7) is 4.12. The highest BCUT2D eigenvalue weighted by molar-refractivity contribution is 6.02. The zero-order valence-corrected chi connectivity index (χ0v) is 12.2. The van der Waals surface area contributed by atoms with Crippen LogP contribution in [0, 0.1) is 0 Å². The molecule has 0 aliphatic rings. The van der Waals surface area contributed by atoms with E-state index in [2.05, 4.69) is 13.8 Å². The third-order valence-electron chi connectivity index (χ3n) is 3.21. The summed E-state index contributed by atoms with van der Waals surface area (Å²) in [4.78, 5) is 22.2. The molecule has 0 saturated heterocycles. The van der Waals surface area contributed by atoms with Crippen molar-refractivity contribution in [2.24, 2.45) is 0 Å². The first-order valence-corrected chi connectivity index (χ1v) is 6.77. The standard InChI is InChI=1S/C17H16O5/c1-10(2)11-4-3-5-12(8-11)22-13-6-7-14(16(18)19)15(9-13)17(20)21/h3-10H,1-2H3,(H,18,19)(H,20,21). The van der Waals surface area contributed by atoms with Crippen molar-refractivity contribution in [1.82, 2.24) is 0 Å². The van der Waals surface area contributed by atoms with Crippen LogP contribution < -0.4 is 4.74 Å². The van der Waals surface area contributed by atoms with Crippen LogP contribution in [0.25, 0.3) is 0 Å². The average molecular weight is 300 g/mol. The van der Waals surface area contributed by atoms with Crippen molar-refractivity contribution in [3.05, 3.63) is 59.2 Å². The minimum absolute atomic E-state index is 0.268. The molecule has 0 unspecified atom stereocenters. The largest absolute Gasteiger partial charge is 0.478 e. The van der Waals surface area contributed by atoms with Gasteiger partial charge in [-0.3, -0.25) is 0 Å². The fraction of sp³-hybridized carbons (Fsp3) is 0.176. The number of ether oxygens (including phenoxy) is 1. The van der Waals surface area contributed by atoms with Crippen LogP contribution in [0.5, 0.6) is 11.5 Å². The molecule has 0 aliphatic heterocycles. The number of hydrogen-bond donors (Lipinski definition) is 2. The van der Waals surface area contributed by atoms with Crippen LogP contribution in [0.3, 0.4) is 0 Å². The first-order chi connectivity index (χ1) is 10.4. The fourth-order valence-electron chi connectivity index (χ4n) is 2.02. The van der Waals surface area contributed by atoms with Gasteiger partial charge in [0.1, 0.15) is 11.5 Å². The molecule has 2 rings (SSSR count). The minimum atomic E-state index is -1.31. The molecule has 0 amide bonds. The third kappa shape index (κ3) is 3.44. The predicted octanol–water partition coefficient (Wildman–Crippen LogP) is 4.00. The van der Waals surface area contributed by atoms with E-state index in [1.807, 2.05) is 18.2 Å². The summed E-state index contributed by atoms with van der Waals surface area (Å²) in [6, 6.07) is 11.4. The Kier molecular flexibility index (Phi) is 4.46. The van der Waals surface area contributed by atoms with Crippen molar-refractivity contribution in [2.45, 2.75) is 19.8 Å². The Balaban J connectivity index is 2.34. The SMILES string of the molecule is CC(C)c1cccc(Oc2ccc(C(=O)O)c(C(=O)O)c2)c1. The lowest BCUT2D eigenvalue weighted by atomic mass is 10.0. The number of carboxylic acids is 2. The summed E-state index contributed by atoms with van der Waals surface area (Å²) in [5.74, 6) is -1.40. The van der Waals surface area contributed by atoms with E-state index in [1.54, 1.807) is 6.07 Å². The van der Waals surface area contributed by atoms with E-state index in [-0.39, 0.29) is 16.9 Å². The molecule has 0 aromatic heterocycles. The van der Waals surface area contributed by atoms with Crippen molar-refractivity contribution >= 4 is 11.9 Å². The molecule has 2 aromatic rings. The maximum atomic E-state index is 11.2. The summed E-state index contributed by atoms with van der Waals surface area (Å²) < 4.78 is 5.64. The summed E-state index contributed by atoms with van der Waals surface area (Å²) in [5.41, 5.74) is 0.527. The summed E-state index contributed by atoms with van der Waals surface area (Å²) in [6.07, 6.45) is 0. The molecule has 114 valence electrons. The van der Waals surface area contributed by atoms with Gasteiger partial charge in [0.2, 0.25) is 0 Å². The molecule has 0 radical (unpaired) electrons. The van der Waals surface area contributed by atoms with Gasteiger partial charge < -0.3 is 14.9 Å². The monoisotopic (exact) mass is 300 g/mol. The van der Waals surface area contributed by atoms with E-state index in [0.29, 0.717) is 11.7 Å². The molecule has 0 heterocycles. The first kappa shape index (κ1) is 15.6. The zero-order valence-electron chi connectivity index (χ0n) is 12.2. The highest BCUT2D eigenvalue weighted by Crippen LogP contribution is 2.27. The van der Waals surface area contributed by atoms with Crippen molar-refractivity contribution in [3.8, 4) is 11.5 Å². The number of rotatable bonds is 5. The fourth-order valence-corrected chi connectivity index (χ4v) is 2.02. The van der Waals surface area contributed by atoms with Gasteiger partial charge in [0, 0.05) is 0 Å². The van der Waals surface area contributed by atoms with Crippen LogP contribution in [0.1, 0.15) is 46.0 Å². The second-order valence-electron chi connectivity index (χ2n) is 5.15. The molecule has 22 heavy (non-hydrogen) atoms. The van der Waals surface area contributed by atoms with Gasteiger partial charge in [0.05, 0.1) is 11.1 Å². The third-order valence-corrected chi connectivity index (χ3v) is 3.21. The Morgan fingerprint density at radius 2 is 1.55 bits per heavy atom. The molecule has 0 atom stereocenters. The average Bonchev–Trinajstić information content (AvgIpc) is 2.47. The number of benzene rings is 2. The van der Waals surface area contributed by atoms with Gasteiger partial charge in [0.15, 0.2) is 0 Å². The first-order valence-electron chi connectivity index (χ1n) is 6.77. The van der Waals surface area contributed by atoms with E-state index in [1.165, 1.54) is 18.2 Å². The topological polar surface area (TPSA) is 83.8 Å². The van der Waals surface area contributed by atoms with Gasteiger partial charge in [0.25, 0.3) is 0 Å². The highest BCUT2D eigenvalue weighted by atomic mass is 16.5.